The molecule has 1 saturated heterocycles. The summed E-state index contributed by atoms with van der Waals surface area (Å²) in [4.78, 5) is 16.0. The van der Waals surface area contributed by atoms with E-state index in [2.05, 4.69) is 15.6 Å². The van der Waals surface area contributed by atoms with Gasteiger partial charge in [-0.3, -0.25) is 9.78 Å². The average molecular weight is 363 g/mol. The summed E-state index contributed by atoms with van der Waals surface area (Å²) in [5.74, 6) is -1.12. The summed E-state index contributed by atoms with van der Waals surface area (Å²) >= 11 is 0. The third kappa shape index (κ3) is 4.51. The summed E-state index contributed by atoms with van der Waals surface area (Å²) in [7, 11) is 0. The van der Waals surface area contributed by atoms with E-state index >= 15 is 0 Å². The first kappa shape index (κ1) is 18.8. The summed E-state index contributed by atoms with van der Waals surface area (Å²) in [6.45, 7) is 1.98. The molecule has 0 aliphatic carbocycles. The highest BCUT2D eigenvalue weighted by atomic mass is 35.5. The number of aromatic nitrogens is 1. The minimum atomic E-state index is -0.575. The van der Waals surface area contributed by atoms with Gasteiger partial charge >= 0.3 is 0 Å². The van der Waals surface area contributed by atoms with E-state index in [1.807, 2.05) is 6.07 Å². The van der Waals surface area contributed by atoms with Gasteiger partial charge in [-0.1, -0.05) is 6.07 Å². The SMILES string of the molecule is Cl.N#Cc1ccnc(C(=O)Nc2ccc([C@H]3CNCCO3)cc2F)c1. The van der Waals surface area contributed by atoms with Crippen molar-refractivity contribution < 1.29 is 13.9 Å². The number of nitrogens with one attached hydrogen (secondary N) is 2. The lowest BCUT2D eigenvalue weighted by Crippen LogP contribution is -2.33. The van der Waals surface area contributed by atoms with Gasteiger partial charge < -0.3 is 15.4 Å². The van der Waals surface area contributed by atoms with Gasteiger partial charge in [0, 0.05) is 19.3 Å². The van der Waals surface area contributed by atoms with Crippen LogP contribution in [0.2, 0.25) is 0 Å². The van der Waals surface area contributed by atoms with Crippen molar-refractivity contribution in [2.45, 2.75) is 6.10 Å². The Labute approximate surface area is 150 Å². The van der Waals surface area contributed by atoms with E-state index in [0.717, 1.165) is 6.54 Å². The quantitative estimate of drug-likeness (QED) is 0.875. The topological polar surface area (TPSA) is 87.0 Å². The van der Waals surface area contributed by atoms with E-state index in [-0.39, 0.29) is 29.9 Å². The van der Waals surface area contributed by atoms with Gasteiger partial charge in [0.15, 0.2) is 0 Å². The number of halogens is 2. The van der Waals surface area contributed by atoms with Gasteiger partial charge in [-0.05, 0) is 29.8 Å². The van der Waals surface area contributed by atoms with Crippen LogP contribution in [0.15, 0.2) is 36.5 Å². The molecule has 25 heavy (non-hydrogen) atoms. The van der Waals surface area contributed by atoms with E-state index in [4.69, 9.17) is 10.00 Å². The number of nitrogens with zero attached hydrogens (tertiary/aromatic N) is 2. The molecule has 2 aromatic rings. The maximum absolute atomic E-state index is 14.3. The highest BCUT2D eigenvalue weighted by Crippen LogP contribution is 2.24. The number of anilines is 1. The van der Waals surface area contributed by atoms with Crippen LogP contribution in [0.5, 0.6) is 0 Å². The van der Waals surface area contributed by atoms with E-state index in [0.29, 0.717) is 24.3 Å². The standard InChI is InChI=1S/C17H15FN4O2.ClH/c18-13-8-12(16-10-20-5-6-24-16)1-2-14(13)22-17(23)15-7-11(9-19)3-4-21-15;/h1-4,7-8,16,20H,5-6,10H2,(H,22,23);1H/t16-;/m1./s1. The molecule has 1 aliphatic heterocycles. The molecule has 1 aromatic heterocycles. The second kappa shape index (κ2) is 8.53. The molecule has 1 amide bonds. The van der Waals surface area contributed by atoms with Crippen molar-refractivity contribution in [3.8, 4) is 6.07 Å². The maximum Gasteiger partial charge on any atom is 0.274 e. The molecule has 3 rings (SSSR count). The van der Waals surface area contributed by atoms with Gasteiger partial charge in [-0.15, -0.1) is 12.4 Å². The Morgan fingerprint density at radius 2 is 2.24 bits per heavy atom. The fourth-order valence-electron chi connectivity index (χ4n) is 2.42. The molecule has 1 fully saturated rings. The summed E-state index contributed by atoms with van der Waals surface area (Å²) in [5.41, 5.74) is 1.13. The zero-order valence-corrected chi connectivity index (χ0v) is 14.0. The van der Waals surface area contributed by atoms with Crippen LogP contribution in [-0.2, 0) is 4.74 Å². The molecule has 1 atom stereocenters. The number of hydrogen-bond donors (Lipinski definition) is 2. The predicted octanol–water partition coefficient (Wildman–Crippen LogP) is 2.43. The third-order valence-electron chi connectivity index (χ3n) is 3.66. The number of pyridine rings is 1. The number of morpholine rings is 1. The van der Waals surface area contributed by atoms with Crippen molar-refractivity contribution in [2.75, 3.05) is 25.0 Å². The molecule has 2 heterocycles. The summed E-state index contributed by atoms with van der Waals surface area (Å²) in [6, 6.07) is 9.33. The van der Waals surface area contributed by atoms with Gasteiger partial charge in [0.1, 0.15) is 11.5 Å². The van der Waals surface area contributed by atoms with Gasteiger partial charge in [-0.2, -0.15) is 5.26 Å². The van der Waals surface area contributed by atoms with E-state index in [1.165, 1.54) is 30.5 Å². The van der Waals surface area contributed by atoms with Crippen molar-refractivity contribution in [2.24, 2.45) is 0 Å². The van der Waals surface area contributed by atoms with Crippen LogP contribution in [0.1, 0.15) is 27.7 Å². The first-order chi connectivity index (χ1) is 11.7. The van der Waals surface area contributed by atoms with Crippen molar-refractivity contribution in [1.82, 2.24) is 10.3 Å². The monoisotopic (exact) mass is 362 g/mol. The Morgan fingerprint density at radius 3 is 2.92 bits per heavy atom. The smallest absolute Gasteiger partial charge is 0.274 e. The van der Waals surface area contributed by atoms with E-state index in [9.17, 15) is 9.18 Å². The van der Waals surface area contributed by atoms with Crippen LogP contribution >= 0.6 is 12.4 Å². The third-order valence-corrected chi connectivity index (χ3v) is 3.66. The average Bonchev–Trinajstić information content (AvgIpc) is 2.64. The number of benzene rings is 1. The van der Waals surface area contributed by atoms with Gasteiger partial charge in [-0.25, -0.2) is 4.39 Å². The molecular weight excluding hydrogens is 347 g/mol. The van der Waals surface area contributed by atoms with Crippen LogP contribution in [0, 0.1) is 17.1 Å². The molecule has 130 valence electrons. The van der Waals surface area contributed by atoms with Gasteiger partial charge in [0.2, 0.25) is 0 Å². The molecule has 0 saturated carbocycles. The fraction of sp³-hybridized carbons (Fsp3) is 0.235. The second-order valence-electron chi connectivity index (χ2n) is 5.30. The minimum absolute atomic E-state index is 0. The lowest BCUT2D eigenvalue weighted by atomic mass is 10.1. The Balaban J connectivity index is 0.00000225. The highest BCUT2D eigenvalue weighted by molar-refractivity contribution is 6.03. The van der Waals surface area contributed by atoms with Crippen LogP contribution in [0.4, 0.5) is 10.1 Å². The molecule has 0 unspecified atom stereocenters. The molecule has 6 nitrogen and oxygen atoms in total. The largest absolute Gasteiger partial charge is 0.371 e. The number of rotatable bonds is 3. The fourth-order valence-corrected chi connectivity index (χ4v) is 2.42. The van der Waals surface area contributed by atoms with Crippen LogP contribution < -0.4 is 10.6 Å². The predicted molar refractivity (Wildman–Crippen MR) is 92.1 cm³/mol. The molecule has 0 spiro atoms. The molecule has 2 N–H and O–H groups in total. The van der Waals surface area contributed by atoms with Crippen LogP contribution in [0.25, 0.3) is 0 Å². The normalized spacial score (nSPS) is 16.4. The Morgan fingerprint density at radius 1 is 1.40 bits per heavy atom. The van der Waals surface area contributed by atoms with Gasteiger partial charge in [0.05, 0.1) is 30.0 Å². The molecule has 0 radical (unpaired) electrons. The van der Waals surface area contributed by atoms with Crippen LogP contribution in [0.3, 0.4) is 0 Å². The van der Waals surface area contributed by atoms with Crippen molar-refractivity contribution in [1.29, 1.82) is 5.26 Å². The lowest BCUT2D eigenvalue weighted by molar-refractivity contribution is 0.0275. The number of ether oxygens (including phenoxy) is 1. The molecule has 1 aliphatic rings. The minimum Gasteiger partial charge on any atom is -0.371 e. The van der Waals surface area contributed by atoms with Crippen molar-refractivity contribution in [3.05, 3.63) is 59.2 Å². The summed E-state index contributed by atoms with van der Waals surface area (Å²) in [5, 5.41) is 14.5. The van der Waals surface area contributed by atoms with Crippen LogP contribution in [-0.4, -0.2) is 30.6 Å². The van der Waals surface area contributed by atoms with E-state index in [1.54, 1.807) is 6.07 Å². The molecule has 1 aromatic carbocycles. The molecule has 8 heteroatoms. The van der Waals surface area contributed by atoms with E-state index < -0.39 is 11.7 Å². The highest BCUT2D eigenvalue weighted by Gasteiger charge is 2.18. The first-order valence-electron chi connectivity index (χ1n) is 7.46. The summed E-state index contributed by atoms with van der Waals surface area (Å²) < 4.78 is 19.8. The number of amides is 1. The zero-order chi connectivity index (χ0) is 16.9. The summed E-state index contributed by atoms with van der Waals surface area (Å²) in [6.07, 6.45) is 1.16. The second-order valence-corrected chi connectivity index (χ2v) is 5.30. The lowest BCUT2D eigenvalue weighted by Gasteiger charge is -2.24. The Bertz CT molecular complexity index is 803. The number of nitriles is 1. The first-order valence-corrected chi connectivity index (χ1v) is 7.46. The zero-order valence-electron chi connectivity index (χ0n) is 13.2. The maximum atomic E-state index is 14.3. The number of carbonyl (C=O) groups excluding carboxylic acids is 1. The molecule has 0 bridgehead atoms. The number of carbonyl (C=O) groups is 1. The van der Waals surface area contributed by atoms with Crippen molar-refractivity contribution in [3.63, 3.8) is 0 Å². The Hall–Kier alpha value is -2.53. The number of hydrogen-bond acceptors (Lipinski definition) is 5. The van der Waals surface area contributed by atoms with Gasteiger partial charge in [0.25, 0.3) is 5.91 Å². The molecular formula is C17H16ClFN4O2. The van der Waals surface area contributed by atoms with Crippen molar-refractivity contribution >= 4 is 24.0 Å². The Kier molecular flexibility index (Phi) is 6.42.